The second kappa shape index (κ2) is 3.74. The van der Waals surface area contributed by atoms with Crippen molar-refractivity contribution in [1.82, 2.24) is 0 Å². The van der Waals surface area contributed by atoms with E-state index in [-0.39, 0.29) is 6.10 Å². The molecule has 2 rings (SSSR count). The van der Waals surface area contributed by atoms with E-state index in [1.54, 1.807) is 0 Å². The molecule has 0 heterocycles. The fourth-order valence-corrected chi connectivity index (χ4v) is 2.13. The summed E-state index contributed by atoms with van der Waals surface area (Å²) in [6, 6.07) is 8.83. The molecule has 1 aromatic carbocycles. The molecule has 0 spiro atoms. The van der Waals surface area contributed by atoms with E-state index in [2.05, 4.69) is 31.2 Å². The Labute approximate surface area is 85.8 Å². The predicted molar refractivity (Wildman–Crippen MR) is 58.3 cm³/mol. The molecule has 1 aliphatic carbocycles. The zero-order valence-corrected chi connectivity index (χ0v) is 8.90. The summed E-state index contributed by atoms with van der Waals surface area (Å²) in [5.41, 5.74) is 2.79. The van der Waals surface area contributed by atoms with E-state index < -0.39 is 0 Å². The molecular weight excluding hydrogens is 172 g/mol. The van der Waals surface area contributed by atoms with Crippen LogP contribution in [0.5, 0.6) is 0 Å². The number of aryl methyl sites for hydroxylation is 1. The van der Waals surface area contributed by atoms with E-state index in [0.29, 0.717) is 11.8 Å². The first-order valence-electron chi connectivity index (χ1n) is 5.49. The Morgan fingerprint density at radius 1 is 1.36 bits per heavy atom. The van der Waals surface area contributed by atoms with Crippen molar-refractivity contribution < 1.29 is 5.11 Å². The second-order valence-corrected chi connectivity index (χ2v) is 4.34. The fourth-order valence-electron chi connectivity index (χ4n) is 2.13. The van der Waals surface area contributed by atoms with Crippen LogP contribution in [-0.4, -0.2) is 11.2 Å². The van der Waals surface area contributed by atoms with Crippen molar-refractivity contribution in [2.24, 2.45) is 5.92 Å². The van der Waals surface area contributed by atoms with Gasteiger partial charge in [-0.1, -0.05) is 31.2 Å². The van der Waals surface area contributed by atoms with Gasteiger partial charge in [0.1, 0.15) is 0 Å². The summed E-state index contributed by atoms with van der Waals surface area (Å²) in [5.74, 6) is 1.11. The van der Waals surface area contributed by atoms with Crippen LogP contribution in [0.25, 0.3) is 0 Å². The minimum atomic E-state index is -0.147. The largest absolute Gasteiger partial charge is 0.393 e. The molecular formula is C13H18O. The monoisotopic (exact) mass is 190 g/mol. The van der Waals surface area contributed by atoms with Gasteiger partial charge in [0, 0.05) is 0 Å². The summed E-state index contributed by atoms with van der Waals surface area (Å²) >= 11 is 0. The number of aliphatic hydroxyl groups excluding tert-OH is 1. The lowest BCUT2D eigenvalue weighted by molar-refractivity contribution is 0.169. The van der Waals surface area contributed by atoms with E-state index in [0.717, 1.165) is 12.8 Å². The molecule has 0 amide bonds. The summed E-state index contributed by atoms with van der Waals surface area (Å²) in [6.45, 7) is 4.07. The van der Waals surface area contributed by atoms with Gasteiger partial charge in [0.05, 0.1) is 6.10 Å². The number of hydrogen-bond acceptors (Lipinski definition) is 1. The van der Waals surface area contributed by atoms with Gasteiger partial charge in [-0.05, 0) is 42.7 Å². The van der Waals surface area contributed by atoms with Gasteiger partial charge in [0.25, 0.3) is 0 Å². The van der Waals surface area contributed by atoms with Gasteiger partial charge in [0.2, 0.25) is 0 Å². The molecule has 1 nitrogen and oxygen atoms in total. The minimum absolute atomic E-state index is 0.147. The predicted octanol–water partition coefficient (Wildman–Crippen LogP) is 2.73. The summed E-state index contributed by atoms with van der Waals surface area (Å²) in [7, 11) is 0. The van der Waals surface area contributed by atoms with E-state index >= 15 is 0 Å². The van der Waals surface area contributed by atoms with Crippen molar-refractivity contribution in [2.75, 3.05) is 0 Å². The standard InChI is InChI=1S/C13H18O/c1-3-10-4-6-11(7-5-10)13-8-12(13)9(2)14/h4-7,9,12-14H,3,8H2,1-2H3/t9-,12-,13+/m1/s1. The van der Waals surface area contributed by atoms with E-state index in [1.165, 1.54) is 11.1 Å². The van der Waals surface area contributed by atoms with Crippen molar-refractivity contribution in [2.45, 2.75) is 38.7 Å². The molecule has 1 fully saturated rings. The third-order valence-corrected chi connectivity index (χ3v) is 3.28. The van der Waals surface area contributed by atoms with Crippen molar-refractivity contribution >= 4 is 0 Å². The lowest BCUT2D eigenvalue weighted by Crippen LogP contribution is -2.03. The molecule has 0 radical (unpaired) electrons. The van der Waals surface area contributed by atoms with Crippen molar-refractivity contribution in [1.29, 1.82) is 0 Å². The summed E-state index contributed by atoms with van der Waals surface area (Å²) in [5, 5.41) is 9.42. The second-order valence-electron chi connectivity index (χ2n) is 4.34. The number of rotatable bonds is 3. The molecule has 1 N–H and O–H groups in total. The van der Waals surface area contributed by atoms with Crippen LogP contribution in [0.15, 0.2) is 24.3 Å². The lowest BCUT2D eigenvalue weighted by Gasteiger charge is -2.04. The Bertz CT molecular complexity index is 300. The van der Waals surface area contributed by atoms with Crippen LogP contribution in [0.1, 0.15) is 37.3 Å². The zero-order valence-electron chi connectivity index (χ0n) is 8.90. The van der Waals surface area contributed by atoms with E-state index in [4.69, 9.17) is 0 Å². The molecule has 76 valence electrons. The topological polar surface area (TPSA) is 20.2 Å². The van der Waals surface area contributed by atoms with Gasteiger partial charge in [-0.3, -0.25) is 0 Å². The summed E-state index contributed by atoms with van der Waals surface area (Å²) in [6.07, 6.45) is 2.11. The van der Waals surface area contributed by atoms with Gasteiger partial charge in [-0.15, -0.1) is 0 Å². The van der Waals surface area contributed by atoms with Crippen molar-refractivity contribution in [3.63, 3.8) is 0 Å². The third kappa shape index (κ3) is 1.83. The Kier molecular flexibility index (Phi) is 2.60. The first-order chi connectivity index (χ1) is 6.72. The van der Waals surface area contributed by atoms with Crippen LogP contribution in [0.2, 0.25) is 0 Å². The van der Waals surface area contributed by atoms with Crippen molar-refractivity contribution in [3.05, 3.63) is 35.4 Å². The maximum atomic E-state index is 9.42. The summed E-state index contributed by atoms with van der Waals surface area (Å²) < 4.78 is 0. The number of aliphatic hydroxyl groups is 1. The molecule has 14 heavy (non-hydrogen) atoms. The van der Waals surface area contributed by atoms with Gasteiger partial charge >= 0.3 is 0 Å². The van der Waals surface area contributed by atoms with Crippen LogP contribution in [0.4, 0.5) is 0 Å². The van der Waals surface area contributed by atoms with Crippen LogP contribution < -0.4 is 0 Å². The Morgan fingerprint density at radius 3 is 2.43 bits per heavy atom. The SMILES string of the molecule is CCc1ccc([C@@H]2C[C@@H]2[C@@H](C)O)cc1. The van der Waals surface area contributed by atoms with Gasteiger partial charge in [-0.2, -0.15) is 0 Å². The van der Waals surface area contributed by atoms with Crippen LogP contribution in [-0.2, 0) is 6.42 Å². The average molecular weight is 190 g/mol. The smallest absolute Gasteiger partial charge is 0.0546 e. The maximum absolute atomic E-state index is 9.42. The first kappa shape index (κ1) is 9.72. The zero-order chi connectivity index (χ0) is 10.1. The normalized spacial score (nSPS) is 27.4. The maximum Gasteiger partial charge on any atom is 0.0546 e. The highest BCUT2D eigenvalue weighted by Crippen LogP contribution is 2.49. The third-order valence-electron chi connectivity index (χ3n) is 3.28. The highest BCUT2D eigenvalue weighted by molar-refractivity contribution is 5.29. The number of hydrogen-bond donors (Lipinski definition) is 1. The first-order valence-corrected chi connectivity index (χ1v) is 5.49. The molecule has 3 atom stereocenters. The molecule has 0 bridgehead atoms. The highest BCUT2D eigenvalue weighted by Gasteiger charge is 2.41. The van der Waals surface area contributed by atoms with Crippen molar-refractivity contribution in [3.8, 4) is 0 Å². The van der Waals surface area contributed by atoms with Gasteiger partial charge < -0.3 is 5.11 Å². The summed E-state index contributed by atoms with van der Waals surface area (Å²) in [4.78, 5) is 0. The van der Waals surface area contributed by atoms with E-state index in [9.17, 15) is 5.11 Å². The van der Waals surface area contributed by atoms with E-state index in [1.807, 2.05) is 6.92 Å². The number of benzene rings is 1. The molecule has 1 heteroatoms. The highest BCUT2D eigenvalue weighted by atomic mass is 16.3. The molecule has 0 saturated heterocycles. The van der Waals surface area contributed by atoms with Gasteiger partial charge in [0.15, 0.2) is 0 Å². The molecule has 1 aromatic rings. The molecule has 0 aromatic heterocycles. The minimum Gasteiger partial charge on any atom is -0.393 e. The average Bonchev–Trinajstić information content (AvgIpc) is 2.97. The molecule has 1 saturated carbocycles. The van der Waals surface area contributed by atoms with Gasteiger partial charge in [-0.25, -0.2) is 0 Å². The van der Waals surface area contributed by atoms with Crippen LogP contribution >= 0.6 is 0 Å². The Balaban J connectivity index is 2.05. The molecule has 0 aliphatic heterocycles. The van der Waals surface area contributed by atoms with Crippen LogP contribution in [0.3, 0.4) is 0 Å². The quantitative estimate of drug-likeness (QED) is 0.777. The lowest BCUT2D eigenvalue weighted by atomic mass is 10.0. The Morgan fingerprint density at radius 2 is 2.00 bits per heavy atom. The fraction of sp³-hybridized carbons (Fsp3) is 0.538. The van der Waals surface area contributed by atoms with Crippen LogP contribution in [0, 0.1) is 5.92 Å². The Hall–Kier alpha value is -0.820. The molecule has 0 unspecified atom stereocenters. The molecule has 1 aliphatic rings.